The fourth-order valence-corrected chi connectivity index (χ4v) is 3.93. The van der Waals surface area contributed by atoms with Crippen LogP contribution in [0.15, 0.2) is 21.7 Å². The molecule has 2 rings (SSSR count). The highest BCUT2D eigenvalue weighted by atomic mass is 32.2. The minimum absolute atomic E-state index is 0.117. The first kappa shape index (κ1) is 14.9. The minimum atomic E-state index is -0.540. The zero-order chi connectivity index (χ0) is 13.7. The molecule has 0 radical (unpaired) electrons. The van der Waals surface area contributed by atoms with E-state index in [1.165, 1.54) is 17.1 Å². The second-order valence-electron chi connectivity index (χ2n) is 5.00. The van der Waals surface area contributed by atoms with Gasteiger partial charge in [0.2, 0.25) is 0 Å². The van der Waals surface area contributed by atoms with Gasteiger partial charge in [-0.15, -0.1) is 23.1 Å². The third-order valence-electron chi connectivity index (χ3n) is 3.17. The fourth-order valence-electron chi connectivity index (χ4n) is 1.90. The highest BCUT2D eigenvalue weighted by Gasteiger charge is 2.39. The van der Waals surface area contributed by atoms with Crippen LogP contribution in [0.5, 0.6) is 0 Å². The predicted octanol–water partition coefficient (Wildman–Crippen LogP) is 3.30. The summed E-state index contributed by atoms with van der Waals surface area (Å²) in [6.45, 7) is 4.27. The van der Waals surface area contributed by atoms with Gasteiger partial charge in [0, 0.05) is 11.8 Å². The Labute approximate surface area is 123 Å². The zero-order valence-electron chi connectivity index (χ0n) is 11.5. The van der Waals surface area contributed by atoms with Gasteiger partial charge in [0.05, 0.1) is 10.8 Å². The third kappa shape index (κ3) is 4.51. The van der Waals surface area contributed by atoms with Crippen molar-refractivity contribution in [2.75, 3.05) is 12.4 Å². The van der Waals surface area contributed by atoms with Gasteiger partial charge in [0.25, 0.3) is 0 Å². The molecule has 3 nitrogen and oxygen atoms in total. The molecule has 19 heavy (non-hydrogen) atoms. The number of thioether (sulfide) groups is 1. The molecular formula is C14H21NO2S2. The molecule has 0 bridgehead atoms. The molecule has 0 amide bonds. The largest absolute Gasteiger partial charge is 0.465 e. The molecule has 1 saturated carbocycles. The van der Waals surface area contributed by atoms with Crippen molar-refractivity contribution in [2.45, 2.75) is 48.9 Å². The standard InChI is InChI=1S/C14H21NO2S2/c1-3-17-13(16)14(2,15-11-6-7-11)8-10-19-12-5-4-9-18-12/h4-5,9,11,15H,3,6-8,10H2,1-2H3. The summed E-state index contributed by atoms with van der Waals surface area (Å²) in [4.78, 5) is 12.1. The lowest BCUT2D eigenvalue weighted by Gasteiger charge is -2.28. The van der Waals surface area contributed by atoms with Gasteiger partial charge in [-0.3, -0.25) is 10.1 Å². The number of carbonyl (C=O) groups excluding carboxylic acids is 1. The van der Waals surface area contributed by atoms with Crippen molar-refractivity contribution in [1.29, 1.82) is 0 Å². The van der Waals surface area contributed by atoms with E-state index in [1.807, 2.05) is 25.6 Å². The Hall–Kier alpha value is -0.520. The van der Waals surface area contributed by atoms with Crippen molar-refractivity contribution in [3.05, 3.63) is 17.5 Å². The van der Waals surface area contributed by atoms with Crippen LogP contribution in [0.25, 0.3) is 0 Å². The fraction of sp³-hybridized carbons (Fsp3) is 0.643. The van der Waals surface area contributed by atoms with Crippen LogP contribution in [0.4, 0.5) is 0 Å². The SMILES string of the molecule is CCOC(=O)C(C)(CCSc1cccs1)NC1CC1. The predicted molar refractivity (Wildman–Crippen MR) is 80.9 cm³/mol. The van der Waals surface area contributed by atoms with E-state index in [4.69, 9.17) is 4.74 Å². The molecular weight excluding hydrogens is 278 g/mol. The van der Waals surface area contributed by atoms with Crippen LogP contribution < -0.4 is 5.32 Å². The van der Waals surface area contributed by atoms with Gasteiger partial charge in [-0.1, -0.05) is 6.07 Å². The lowest BCUT2D eigenvalue weighted by molar-refractivity contribution is -0.150. The molecule has 0 aromatic carbocycles. The Bertz CT molecular complexity index is 404. The monoisotopic (exact) mass is 299 g/mol. The van der Waals surface area contributed by atoms with Crippen LogP contribution in [0.3, 0.4) is 0 Å². The molecule has 1 aliphatic carbocycles. The average molecular weight is 299 g/mol. The van der Waals surface area contributed by atoms with Crippen LogP contribution in [0.1, 0.15) is 33.1 Å². The quantitative estimate of drug-likeness (QED) is 0.590. The maximum Gasteiger partial charge on any atom is 0.326 e. The molecule has 1 unspecified atom stereocenters. The number of hydrogen-bond donors (Lipinski definition) is 1. The molecule has 1 heterocycles. The summed E-state index contributed by atoms with van der Waals surface area (Å²) in [5.74, 6) is 0.809. The van der Waals surface area contributed by atoms with E-state index < -0.39 is 5.54 Å². The van der Waals surface area contributed by atoms with Gasteiger partial charge in [0.15, 0.2) is 0 Å². The van der Waals surface area contributed by atoms with Crippen molar-refractivity contribution in [3.63, 3.8) is 0 Å². The Kier molecular flexibility index (Phi) is 5.30. The third-order valence-corrected chi connectivity index (χ3v) is 5.30. The summed E-state index contributed by atoms with van der Waals surface area (Å²) >= 11 is 3.55. The minimum Gasteiger partial charge on any atom is -0.465 e. The van der Waals surface area contributed by atoms with Crippen molar-refractivity contribution < 1.29 is 9.53 Å². The highest BCUT2D eigenvalue weighted by Crippen LogP contribution is 2.29. The molecule has 0 saturated heterocycles. The molecule has 5 heteroatoms. The van der Waals surface area contributed by atoms with E-state index >= 15 is 0 Å². The van der Waals surface area contributed by atoms with E-state index in [0.29, 0.717) is 12.6 Å². The van der Waals surface area contributed by atoms with Crippen LogP contribution in [-0.4, -0.2) is 29.9 Å². The van der Waals surface area contributed by atoms with Gasteiger partial charge in [0.1, 0.15) is 5.54 Å². The van der Waals surface area contributed by atoms with Crippen LogP contribution >= 0.6 is 23.1 Å². The molecule has 1 atom stereocenters. The van der Waals surface area contributed by atoms with E-state index in [0.717, 1.165) is 12.2 Å². The lowest BCUT2D eigenvalue weighted by atomic mass is 9.99. The van der Waals surface area contributed by atoms with E-state index in [-0.39, 0.29) is 5.97 Å². The molecule has 1 aliphatic rings. The van der Waals surface area contributed by atoms with Crippen LogP contribution in [0.2, 0.25) is 0 Å². The Morgan fingerprint density at radius 3 is 3.00 bits per heavy atom. The van der Waals surface area contributed by atoms with Gasteiger partial charge >= 0.3 is 5.97 Å². The summed E-state index contributed by atoms with van der Waals surface area (Å²) in [5.41, 5.74) is -0.540. The summed E-state index contributed by atoms with van der Waals surface area (Å²) in [6.07, 6.45) is 3.14. The van der Waals surface area contributed by atoms with Crippen molar-refractivity contribution >= 4 is 29.1 Å². The van der Waals surface area contributed by atoms with E-state index in [2.05, 4.69) is 22.8 Å². The summed E-state index contributed by atoms with van der Waals surface area (Å²) < 4.78 is 6.52. The number of nitrogens with one attached hydrogen (secondary N) is 1. The normalized spacial score (nSPS) is 18.0. The number of carbonyl (C=O) groups is 1. The maximum absolute atomic E-state index is 12.1. The first-order chi connectivity index (χ1) is 9.14. The number of ether oxygens (including phenoxy) is 1. The van der Waals surface area contributed by atoms with Gasteiger partial charge in [-0.25, -0.2) is 0 Å². The molecule has 1 aromatic heterocycles. The average Bonchev–Trinajstić information content (AvgIpc) is 3.03. The Balaban J connectivity index is 1.86. The number of esters is 1. The lowest BCUT2D eigenvalue weighted by Crippen LogP contribution is -2.51. The maximum atomic E-state index is 12.1. The van der Waals surface area contributed by atoms with Crippen molar-refractivity contribution in [3.8, 4) is 0 Å². The van der Waals surface area contributed by atoms with E-state index in [1.54, 1.807) is 11.3 Å². The Morgan fingerprint density at radius 1 is 1.63 bits per heavy atom. The zero-order valence-corrected chi connectivity index (χ0v) is 13.1. The van der Waals surface area contributed by atoms with Crippen molar-refractivity contribution in [1.82, 2.24) is 5.32 Å². The molecule has 106 valence electrons. The number of thiophene rings is 1. The first-order valence-electron chi connectivity index (χ1n) is 6.75. The molecule has 1 fully saturated rings. The first-order valence-corrected chi connectivity index (χ1v) is 8.62. The van der Waals surface area contributed by atoms with Gasteiger partial charge < -0.3 is 4.74 Å². The van der Waals surface area contributed by atoms with Gasteiger partial charge in [-0.2, -0.15) is 0 Å². The number of rotatable bonds is 8. The van der Waals surface area contributed by atoms with Crippen LogP contribution in [-0.2, 0) is 9.53 Å². The molecule has 1 aromatic rings. The van der Waals surface area contributed by atoms with E-state index in [9.17, 15) is 4.79 Å². The van der Waals surface area contributed by atoms with Gasteiger partial charge in [-0.05, 0) is 44.6 Å². The van der Waals surface area contributed by atoms with Crippen molar-refractivity contribution in [2.24, 2.45) is 0 Å². The summed E-state index contributed by atoms with van der Waals surface area (Å²) in [5, 5.41) is 5.53. The number of hydrogen-bond acceptors (Lipinski definition) is 5. The topological polar surface area (TPSA) is 38.3 Å². The molecule has 0 spiro atoms. The molecule has 0 aliphatic heterocycles. The summed E-state index contributed by atoms with van der Waals surface area (Å²) in [7, 11) is 0. The Morgan fingerprint density at radius 2 is 2.42 bits per heavy atom. The van der Waals surface area contributed by atoms with Crippen LogP contribution in [0, 0.1) is 0 Å². The summed E-state index contributed by atoms with van der Waals surface area (Å²) in [6, 6.07) is 4.67. The second-order valence-corrected chi connectivity index (χ2v) is 7.34. The molecule has 1 N–H and O–H groups in total. The highest BCUT2D eigenvalue weighted by molar-refractivity contribution is 8.01. The second kappa shape index (κ2) is 6.77. The smallest absolute Gasteiger partial charge is 0.326 e.